The first-order valence-corrected chi connectivity index (χ1v) is 12.7. The smallest absolute Gasteiger partial charge is 0.387 e. The standard InChI is InChI=1S/C25H25F2N7O3.C2H6/c1-31-9-11-33(12-10-31)21-14-23(37-24(26)27)19(13-22(21)34(35)36)30-25-28-8-7-18(29-25)17-15-32(2)20-6-4-3-5-16(17)20;1-2/h3-8,13-15,24H,9-12H2,1-2H3,(H,28,29,30);1-2H3. The molecule has 0 radical (unpaired) electrons. The first kappa shape index (κ1) is 27.7. The number of aryl methyl sites for hydroxylation is 1. The maximum Gasteiger partial charge on any atom is 0.387 e. The number of rotatable bonds is 7. The van der Waals surface area contributed by atoms with E-state index in [1.807, 2.05) is 63.0 Å². The van der Waals surface area contributed by atoms with Gasteiger partial charge in [0, 0.05) is 74.2 Å². The van der Waals surface area contributed by atoms with E-state index in [1.54, 1.807) is 11.0 Å². The van der Waals surface area contributed by atoms with Gasteiger partial charge in [-0.05, 0) is 19.2 Å². The van der Waals surface area contributed by atoms with Crippen molar-refractivity contribution in [1.29, 1.82) is 0 Å². The zero-order valence-corrected chi connectivity index (χ0v) is 22.3. The molecule has 10 nitrogen and oxygen atoms in total. The molecule has 1 fully saturated rings. The number of alkyl halides is 2. The van der Waals surface area contributed by atoms with Crippen molar-refractivity contribution >= 4 is 33.9 Å². The number of nitro benzene ring substituents is 1. The van der Waals surface area contributed by atoms with Crippen LogP contribution in [0.3, 0.4) is 0 Å². The molecule has 0 unspecified atom stereocenters. The average molecular weight is 540 g/mol. The van der Waals surface area contributed by atoms with E-state index in [0.717, 1.165) is 16.5 Å². The van der Waals surface area contributed by atoms with Crippen molar-refractivity contribution in [2.75, 3.05) is 43.4 Å². The second-order valence-corrected chi connectivity index (χ2v) is 8.82. The van der Waals surface area contributed by atoms with Gasteiger partial charge in [0.05, 0.1) is 16.3 Å². The zero-order chi connectivity index (χ0) is 28.1. The molecule has 1 aliphatic heterocycles. The predicted octanol–water partition coefficient (Wildman–Crippen LogP) is 5.67. The number of benzene rings is 2. The molecule has 2 aromatic carbocycles. The van der Waals surface area contributed by atoms with E-state index in [9.17, 15) is 18.9 Å². The number of nitro groups is 1. The van der Waals surface area contributed by atoms with E-state index >= 15 is 0 Å². The van der Waals surface area contributed by atoms with Gasteiger partial charge in [0.25, 0.3) is 5.69 Å². The lowest BCUT2D eigenvalue weighted by Gasteiger charge is -2.34. The summed E-state index contributed by atoms with van der Waals surface area (Å²) in [7, 11) is 3.89. The maximum atomic E-state index is 13.3. The van der Waals surface area contributed by atoms with Gasteiger partial charge < -0.3 is 24.4 Å². The molecular formula is C27H31F2N7O3. The van der Waals surface area contributed by atoms with E-state index < -0.39 is 11.5 Å². The zero-order valence-electron chi connectivity index (χ0n) is 22.3. The highest BCUT2D eigenvalue weighted by molar-refractivity contribution is 5.95. The molecule has 0 spiro atoms. The molecule has 0 bridgehead atoms. The molecule has 39 heavy (non-hydrogen) atoms. The summed E-state index contributed by atoms with van der Waals surface area (Å²) in [5, 5.41) is 15.8. The average Bonchev–Trinajstić information content (AvgIpc) is 3.27. The minimum Gasteiger partial charge on any atom is -0.433 e. The fourth-order valence-electron chi connectivity index (χ4n) is 4.53. The molecule has 0 atom stereocenters. The molecule has 0 aliphatic carbocycles. The Balaban J connectivity index is 0.00000172. The second-order valence-electron chi connectivity index (χ2n) is 8.82. The molecule has 5 rings (SSSR count). The SMILES string of the molecule is CC.CN1CCN(c2cc(OC(F)F)c(Nc3nccc(-c4cn(C)c5ccccc45)n3)cc2[N+](=O)[O-])CC1. The molecule has 2 aromatic heterocycles. The van der Waals surface area contributed by atoms with Gasteiger partial charge in [-0.25, -0.2) is 9.97 Å². The van der Waals surface area contributed by atoms with E-state index in [2.05, 4.69) is 20.2 Å². The Morgan fingerprint density at radius 2 is 1.79 bits per heavy atom. The second kappa shape index (κ2) is 12.0. The summed E-state index contributed by atoms with van der Waals surface area (Å²) < 4.78 is 33.4. The number of nitrogens with one attached hydrogen (secondary N) is 1. The molecular weight excluding hydrogens is 508 g/mol. The van der Waals surface area contributed by atoms with Gasteiger partial charge in [0.2, 0.25) is 5.95 Å². The monoisotopic (exact) mass is 539 g/mol. The van der Waals surface area contributed by atoms with Crippen LogP contribution in [0.4, 0.5) is 31.8 Å². The number of aromatic nitrogens is 3. The van der Waals surface area contributed by atoms with Crippen LogP contribution in [-0.4, -0.2) is 64.2 Å². The van der Waals surface area contributed by atoms with Gasteiger partial charge in [-0.15, -0.1) is 0 Å². The van der Waals surface area contributed by atoms with Gasteiger partial charge in [0.15, 0.2) is 5.75 Å². The lowest BCUT2D eigenvalue weighted by Crippen LogP contribution is -2.44. The van der Waals surface area contributed by atoms with Crippen molar-refractivity contribution < 1.29 is 18.4 Å². The number of anilines is 3. The van der Waals surface area contributed by atoms with Gasteiger partial charge >= 0.3 is 6.61 Å². The Labute approximate surface area is 225 Å². The van der Waals surface area contributed by atoms with Gasteiger partial charge in [-0.2, -0.15) is 8.78 Å². The predicted molar refractivity (Wildman–Crippen MR) is 148 cm³/mol. The highest BCUT2D eigenvalue weighted by atomic mass is 19.3. The summed E-state index contributed by atoms with van der Waals surface area (Å²) >= 11 is 0. The van der Waals surface area contributed by atoms with Crippen LogP contribution >= 0.6 is 0 Å². The summed E-state index contributed by atoms with van der Waals surface area (Å²) in [6.07, 6.45) is 3.48. The van der Waals surface area contributed by atoms with E-state index in [1.165, 1.54) is 18.3 Å². The number of piperazine rings is 1. The molecule has 0 amide bonds. The minimum absolute atomic E-state index is 0.0278. The van der Waals surface area contributed by atoms with Crippen molar-refractivity contribution in [2.45, 2.75) is 20.5 Å². The fraction of sp³-hybridized carbons (Fsp3) is 0.333. The summed E-state index contributed by atoms with van der Waals surface area (Å²) in [6.45, 7) is 3.31. The molecule has 0 saturated carbocycles. The number of hydrogen-bond acceptors (Lipinski definition) is 8. The number of para-hydroxylation sites is 1. The third-order valence-corrected chi connectivity index (χ3v) is 6.41. The first-order valence-electron chi connectivity index (χ1n) is 12.7. The van der Waals surface area contributed by atoms with Crippen molar-refractivity contribution in [3.63, 3.8) is 0 Å². The summed E-state index contributed by atoms with van der Waals surface area (Å²) in [5.74, 6) is -0.139. The molecule has 1 N–H and O–H groups in total. The lowest BCUT2D eigenvalue weighted by atomic mass is 10.1. The molecule has 206 valence electrons. The third kappa shape index (κ3) is 6.06. The quantitative estimate of drug-likeness (QED) is 0.237. The largest absolute Gasteiger partial charge is 0.433 e. The topological polar surface area (TPSA) is 102 Å². The van der Waals surface area contributed by atoms with Crippen LogP contribution in [0.15, 0.2) is 54.9 Å². The highest BCUT2D eigenvalue weighted by Crippen LogP contribution is 2.40. The Bertz CT molecular complexity index is 1450. The number of fused-ring (bicyclic) bond motifs is 1. The number of halogens is 2. The summed E-state index contributed by atoms with van der Waals surface area (Å²) in [4.78, 5) is 24.1. The third-order valence-electron chi connectivity index (χ3n) is 6.41. The van der Waals surface area contributed by atoms with Crippen LogP contribution in [-0.2, 0) is 7.05 Å². The molecule has 1 aliphatic rings. The van der Waals surface area contributed by atoms with E-state index in [-0.39, 0.29) is 28.8 Å². The number of nitrogens with zero attached hydrogens (tertiary/aromatic N) is 6. The lowest BCUT2D eigenvalue weighted by molar-refractivity contribution is -0.384. The van der Waals surface area contributed by atoms with Crippen LogP contribution in [0.1, 0.15) is 13.8 Å². The van der Waals surface area contributed by atoms with E-state index in [0.29, 0.717) is 31.9 Å². The van der Waals surface area contributed by atoms with Crippen LogP contribution < -0.4 is 15.0 Å². The Morgan fingerprint density at radius 3 is 2.49 bits per heavy atom. The fourth-order valence-corrected chi connectivity index (χ4v) is 4.53. The van der Waals surface area contributed by atoms with Crippen LogP contribution in [0.25, 0.3) is 22.2 Å². The van der Waals surface area contributed by atoms with Crippen molar-refractivity contribution in [1.82, 2.24) is 19.4 Å². The van der Waals surface area contributed by atoms with Crippen molar-refractivity contribution in [2.24, 2.45) is 7.05 Å². The summed E-state index contributed by atoms with van der Waals surface area (Å²) in [6, 6.07) is 12.1. The Morgan fingerprint density at radius 1 is 1.08 bits per heavy atom. The van der Waals surface area contributed by atoms with E-state index in [4.69, 9.17) is 4.74 Å². The Kier molecular flexibility index (Phi) is 8.55. The van der Waals surface area contributed by atoms with Gasteiger partial charge in [-0.1, -0.05) is 32.0 Å². The summed E-state index contributed by atoms with van der Waals surface area (Å²) in [5.41, 5.74) is 2.47. The highest BCUT2D eigenvalue weighted by Gasteiger charge is 2.27. The van der Waals surface area contributed by atoms with Crippen LogP contribution in [0, 0.1) is 10.1 Å². The first-order chi connectivity index (χ1) is 18.8. The normalized spacial score (nSPS) is 13.8. The molecule has 12 heteroatoms. The molecule has 3 heterocycles. The van der Waals surface area contributed by atoms with Gasteiger partial charge in [0.1, 0.15) is 5.69 Å². The minimum atomic E-state index is -3.12. The number of hydrogen-bond donors (Lipinski definition) is 1. The number of likely N-dealkylation sites (N-methyl/N-ethyl adjacent to an activating group) is 1. The van der Waals surface area contributed by atoms with Gasteiger partial charge in [-0.3, -0.25) is 10.1 Å². The van der Waals surface area contributed by atoms with Crippen molar-refractivity contribution in [3.8, 4) is 17.0 Å². The number of ether oxygens (including phenoxy) is 1. The van der Waals surface area contributed by atoms with Crippen LogP contribution in [0.5, 0.6) is 5.75 Å². The van der Waals surface area contributed by atoms with Crippen LogP contribution in [0.2, 0.25) is 0 Å². The molecule has 4 aromatic rings. The molecule has 1 saturated heterocycles. The maximum absolute atomic E-state index is 13.3. The van der Waals surface area contributed by atoms with Crippen molar-refractivity contribution in [3.05, 3.63) is 65.0 Å². The Hall–Kier alpha value is -4.32.